The van der Waals surface area contributed by atoms with Crippen molar-refractivity contribution in [3.8, 4) is 0 Å². The van der Waals surface area contributed by atoms with Crippen molar-refractivity contribution < 1.29 is 26.7 Å². The predicted octanol–water partition coefficient (Wildman–Crippen LogP) is 6.09. The average Bonchev–Trinajstić information content (AvgIpc) is 3.19. The summed E-state index contributed by atoms with van der Waals surface area (Å²) in [6.07, 6.45) is 24.1. The van der Waals surface area contributed by atoms with E-state index in [9.17, 15) is 13.5 Å². The van der Waals surface area contributed by atoms with Crippen molar-refractivity contribution >= 4 is 16.2 Å². The van der Waals surface area contributed by atoms with Gasteiger partial charge in [-0.1, -0.05) is 90.0 Å². The van der Waals surface area contributed by atoms with E-state index in [2.05, 4.69) is 35.2 Å². The molecule has 1 heterocycles. The van der Waals surface area contributed by atoms with Gasteiger partial charge >= 0.3 is 10.4 Å². The van der Waals surface area contributed by atoms with Crippen molar-refractivity contribution in [2.24, 2.45) is 4.99 Å². The van der Waals surface area contributed by atoms with Crippen LogP contribution in [0.4, 0.5) is 0 Å². The van der Waals surface area contributed by atoms with E-state index in [1.165, 1.54) is 103 Å². The second kappa shape index (κ2) is 21.5. The fourth-order valence-electron chi connectivity index (χ4n) is 4.34. The van der Waals surface area contributed by atoms with Crippen LogP contribution in [0.2, 0.25) is 0 Å². The summed E-state index contributed by atoms with van der Waals surface area (Å²) < 4.78 is 31.5. The van der Waals surface area contributed by atoms with E-state index in [0.717, 1.165) is 30.7 Å². The number of nitrogens with zero attached hydrogens (tertiary/aromatic N) is 2. The van der Waals surface area contributed by atoms with Crippen molar-refractivity contribution in [1.82, 2.24) is 0 Å². The molecule has 0 aromatic rings. The highest BCUT2D eigenvalue weighted by molar-refractivity contribution is 7.80. The zero-order valence-electron chi connectivity index (χ0n) is 22.2. The first-order chi connectivity index (χ1) is 16.3. The fraction of sp³-hybridized carbons (Fsp3) is 0.885. The molecule has 8 heteroatoms. The van der Waals surface area contributed by atoms with Gasteiger partial charge in [0.1, 0.15) is 13.1 Å². The molecule has 2 N–H and O–H groups in total. The topological polar surface area (TPSA) is 96.2 Å². The van der Waals surface area contributed by atoms with Crippen molar-refractivity contribution in [2.45, 2.75) is 111 Å². The SMILES string of the molecule is CCCCCCCCCCCCCCCC=CC1=NCC[N+]1(CC)CCO.CCOS(=O)(=O)O. The van der Waals surface area contributed by atoms with Gasteiger partial charge in [-0.2, -0.15) is 8.42 Å². The second-order valence-corrected chi connectivity index (χ2v) is 10.2. The van der Waals surface area contributed by atoms with Gasteiger partial charge in [0.2, 0.25) is 5.84 Å². The molecule has 0 bridgehead atoms. The highest BCUT2D eigenvalue weighted by atomic mass is 32.3. The Labute approximate surface area is 210 Å². The number of unbranched alkanes of at least 4 members (excludes halogenated alkanes) is 13. The van der Waals surface area contributed by atoms with Gasteiger partial charge in [-0.15, -0.1) is 0 Å². The highest BCUT2D eigenvalue weighted by Crippen LogP contribution is 2.17. The van der Waals surface area contributed by atoms with Gasteiger partial charge < -0.3 is 5.11 Å². The number of aliphatic hydroxyl groups excluding tert-OH is 1. The van der Waals surface area contributed by atoms with Crippen LogP contribution in [0.15, 0.2) is 17.1 Å². The van der Waals surface area contributed by atoms with Gasteiger partial charge in [-0.3, -0.25) is 9.04 Å². The molecule has 1 aliphatic rings. The number of hydrogen-bond acceptors (Lipinski definition) is 5. The molecular weight excluding hydrogens is 452 g/mol. The number of allylic oxidation sites excluding steroid dienone is 1. The van der Waals surface area contributed by atoms with Gasteiger partial charge in [0.05, 0.1) is 26.3 Å². The van der Waals surface area contributed by atoms with Crippen molar-refractivity contribution in [2.75, 3.05) is 39.4 Å². The Bertz CT molecular complexity index is 637. The first kappa shape index (κ1) is 33.2. The molecule has 0 aromatic heterocycles. The zero-order valence-corrected chi connectivity index (χ0v) is 23.0. The Kier molecular flexibility index (Phi) is 21.0. The molecule has 0 aliphatic carbocycles. The van der Waals surface area contributed by atoms with Crippen LogP contribution in [0.3, 0.4) is 0 Å². The summed E-state index contributed by atoms with van der Waals surface area (Å²) in [5, 5.41) is 9.35. The Hall–Kier alpha value is -0.800. The standard InChI is InChI=1S/C24H47N2O.C2H6O4S/c1-3-5-6-7-8-9-10-11-12-13-14-15-16-17-18-19-24-25-20-21-26(24,4-2)22-23-27;1-2-6-7(3,4)5/h18-19,27H,3-17,20-23H2,1-2H3;2H2,1H3,(H,3,4,5)/q+1;. The highest BCUT2D eigenvalue weighted by Gasteiger charge is 2.34. The molecule has 0 saturated heterocycles. The lowest BCUT2D eigenvalue weighted by atomic mass is 10.0. The van der Waals surface area contributed by atoms with E-state index in [4.69, 9.17) is 4.55 Å². The van der Waals surface area contributed by atoms with Gasteiger partial charge in [-0.25, -0.2) is 9.18 Å². The quantitative estimate of drug-likeness (QED) is 0.119. The smallest absolute Gasteiger partial charge is 0.390 e. The molecule has 0 aromatic carbocycles. The minimum Gasteiger partial charge on any atom is -0.390 e. The maximum atomic E-state index is 9.56. The maximum Gasteiger partial charge on any atom is 0.397 e. The number of likely N-dealkylation sites (N-methyl/N-ethyl adjacent to an activating group) is 1. The predicted molar refractivity (Wildman–Crippen MR) is 143 cm³/mol. The van der Waals surface area contributed by atoms with Gasteiger partial charge in [0.25, 0.3) is 0 Å². The maximum absolute atomic E-state index is 9.56. The van der Waals surface area contributed by atoms with Gasteiger partial charge in [-0.05, 0) is 26.7 Å². The largest absolute Gasteiger partial charge is 0.397 e. The molecule has 202 valence electrons. The van der Waals surface area contributed by atoms with Crippen molar-refractivity contribution in [3.05, 3.63) is 12.2 Å². The Morgan fingerprint density at radius 3 is 1.85 bits per heavy atom. The lowest BCUT2D eigenvalue weighted by Gasteiger charge is -2.31. The summed E-state index contributed by atoms with van der Waals surface area (Å²) in [4.78, 5) is 4.67. The van der Waals surface area contributed by atoms with Gasteiger partial charge in [0.15, 0.2) is 0 Å². The van der Waals surface area contributed by atoms with Crippen LogP contribution in [0.25, 0.3) is 0 Å². The van der Waals surface area contributed by atoms with Gasteiger partial charge in [0, 0.05) is 6.08 Å². The average molecular weight is 506 g/mol. The number of rotatable bonds is 20. The molecule has 0 radical (unpaired) electrons. The molecule has 1 unspecified atom stereocenters. The van der Waals surface area contributed by atoms with Crippen LogP contribution in [-0.4, -0.2) is 67.8 Å². The zero-order chi connectivity index (χ0) is 25.5. The number of hydrogen-bond donors (Lipinski definition) is 2. The van der Waals surface area contributed by atoms with E-state index in [-0.39, 0.29) is 13.2 Å². The van der Waals surface area contributed by atoms with Crippen LogP contribution in [0.5, 0.6) is 0 Å². The molecule has 0 spiro atoms. The number of aliphatic hydroxyl groups is 1. The monoisotopic (exact) mass is 505 g/mol. The molecule has 0 saturated carbocycles. The van der Waals surface area contributed by atoms with E-state index >= 15 is 0 Å². The lowest BCUT2D eigenvalue weighted by Crippen LogP contribution is -2.51. The molecule has 1 atom stereocenters. The third-order valence-corrected chi connectivity index (χ3v) is 6.96. The molecule has 1 rings (SSSR count). The minimum atomic E-state index is -4.17. The Morgan fingerprint density at radius 1 is 0.912 bits per heavy atom. The fourth-order valence-corrected chi connectivity index (χ4v) is 4.64. The van der Waals surface area contributed by atoms with Crippen LogP contribution < -0.4 is 0 Å². The summed E-state index contributed by atoms with van der Waals surface area (Å²) in [5.74, 6) is 1.18. The van der Waals surface area contributed by atoms with Crippen molar-refractivity contribution in [1.29, 1.82) is 0 Å². The number of quaternary nitrogens is 1. The molecule has 0 fully saturated rings. The molecule has 0 amide bonds. The molecule has 1 aliphatic heterocycles. The van der Waals surface area contributed by atoms with E-state index in [1.807, 2.05) is 0 Å². The van der Waals surface area contributed by atoms with E-state index in [0.29, 0.717) is 0 Å². The van der Waals surface area contributed by atoms with Crippen molar-refractivity contribution in [3.63, 3.8) is 0 Å². The van der Waals surface area contributed by atoms with Crippen LogP contribution in [0, 0.1) is 0 Å². The third-order valence-electron chi connectivity index (χ3n) is 6.43. The van der Waals surface area contributed by atoms with Crippen LogP contribution in [-0.2, 0) is 14.6 Å². The van der Waals surface area contributed by atoms with E-state index < -0.39 is 10.4 Å². The summed E-state index contributed by atoms with van der Waals surface area (Å²) >= 11 is 0. The summed E-state index contributed by atoms with van der Waals surface area (Å²) in [6.45, 7) is 9.97. The molecular formula is C26H53N2O5S+. The first-order valence-electron chi connectivity index (χ1n) is 13.7. The molecule has 34 heavy (non-hydrogen) atoms. The van der Waals surface area contributed by atoms with Crippen LogP contribution in [0.1, 0.15) is 111 Å². The number of amidine groups is 1. The second-order valence-electron chi connectivity index (χ2n) is 9.14. The first-order valence-corrected chi connectivity index (χ1v) is 15.0. The Balaban J connectivity index is 0.00000135. The number of aliphatic imine (C=N–C) groups is 1. The summed E-state index contributed by atoms with van der Waals surface area (Å²) in [5.41, 5.74) is 0. The van der Waals surface area contributed by atoms with E-state index in [1.54, 1.807) is 0 Å². The molecule has 7 nitrogen and oxygen atoms in total. The Morgan fingerprint density at radius 2 is 1.44 bits per heavy atom. The van der Waals surface area contributed by atoms with Crippen LogP contribution >= 0.6 is 0 Å². The normalized spacial score (nSPS) is 18.2. The summed E-state index contributed by atoms with van der Waals surface area (Å²) in [7, 11) is -4.17. The third kappa shape index (κ3) is 17.6. The lowest BCUT2D eigenvalue weighted by molar-refractivity contribution is -0.832. The minimum absolute atomic E-state index is 0.0289. The summed E-state index contributed by atoms with van der Waals surface area (Å²) in [6, 6.07) is 0.